The van der Waals surface area contributed by atoms with Gasteiger partial charge in [0.05, 0.1) is 13.2 Å². The van der Waals surface area contributed by atoms with E-state index in [0.29, 0.717) is 12.6 Å². The van der Waals surface area contributed by atoms with Gasteiger partial charge in [0.2, 0.25) is 0 Å². The lowest BCUT2D eigenvalue weighted by molar-refractivity contribution is 0.150. The Labute approximate surface area is 165 Å². The number of guanidine groups is 1. The molecule has 2 heterocycles. The normalized spacial score (nSPS) is 22.5. The third kappa shape index (κ3) is 6.25. The van der Waals surface area contributed by atoms with E-state index in [9.17, 15) is 0 Å². The van der Waals surface area contributed by atoms with E-state index in [1.54, 1.807) is 0 Å². The summed E-state index contributed by atoms with van der Waals surface area (Å²) in [5, 5.41) is 7.01. The second kappa shape index (κ2) is 10.3. The maximum absolute atomic E-state index is 5.50. The minimum atomic E-state index is 0.508. The highest BCUT2D eigenvalue weighted by Crippen LogP contribution is 2.17. The van der Waals surface area contributed by atoms with Crippen LogP contribution in [0.3, 0.4) is 0 Å². The minimum absolute atomic E-state index is 0.508. The zero-order valence-electron chi connectivity index (χ0n) is 15.7. The Hall–Kier alpha value is -1.11. The molecule has 0 saturated carbocycles. The summed E-state index contributed by atoms with van der Waals surface area (Å²) in [5.41, 5.74) is 1.22. The summed E-state index contributed by atoms with van der Waals surface area (Å²) in [7, 11) is 0. The first-order valence-corrected chi connectivity index (χ1v) is 10.6. The highest BCUT2D eigenvalue weighted by molar-refractivity contribution is 9.10. The highest BCUT2D eigenvalue weighted by Gasteiger charge is 2.24. The SMILES string of the molecule is CCNC(=NCc1ccc(Br)cc1)NC1CCN(CC2CCOC2)CC1. The molecule has 2 aliphatic rings. The van der Waals surface area contributed by atoms with Gasteiger partial charge >= 0.3 is 0 Å². The average molecular weight is 423 g/mol. The van der Waals surface area contributed by atoms with Crippen molar-refractivity contribution in [1.82, 2.24) is 15.5 Å². The molecule has 0 aliphatic carbocycles. The molecule has 1 aromatic rings. The van der Waals surface area contributed by atoms with Gasteiger partial charge in [-0.05, 0) is 49.8 Å². The molecule has 26 heavy (non-hydrogen) atoms. The summed E-state index contributed by atoms with van der Waals surface area (Å²) in [6, 6.07) is 8.87. The molecule has 144 valence electrons. The van der Waals surface area contributed by atoms with Gasteiger partial charge in [-0.25, -0.2) is 4.99 Å². The van der Waals surface area contributed by atoms with Crippen molar-refractivity contribution < 1.29 is 4.74 Å². The van der Waals surface area contributed by atoms with E-state index in [0.717, 1.165) is 36.1 Å². The predicted octanol–water partition coefficient (Wildman–Crippen LogP) is 3.01. The van der Waals surface area contributed by atoms with Gasteiger partial charge in [0, 0.05) is 43.3 Å². The number of benzene rings is 1. The maximum Gasteiger partial charge on any atom is 0.191 e. The van der Waals surface area contributed by atoms with E-state index in [-0.39, 0.29) is 0 Å². The Kier molecular flexibility index (Phi) is 7.77. The molecule has 2 fully saturated rings. The van der Waals surface area contributed by atoms with Crippen molar-refractivity contribution in [3.8, 4) is 0 Å². The monoisotopic (exact) mass is 422 g/mol. The van der Waals surface area contributed by atoms with E-state index >= 15 is 0 Å². The molecule has 0 radical (unpaired) electrons. The fourth-order valence-corrected chi connectivity index (χ4v) is 3.89. The summed E-state index contributed by atoms with van der Waals surface area (Å²) in [6.45, 7) is 9.12. The second-order valence-electron chi connectivity index (χ2n) is 7.27. The molecule has 0 aromatic heterocycles. The van der Waals surface area contributed by atoms with Crippen LogP contribution in [-0.4, -0.2) is 56.3 Å². The lowest BCUT2D eigenvalue weighted by Gasteiger charge is -2.34. The molecule has 0 amide bonds. The first kappa shape index (κ1) is 19.6. The van der Waals surface area contributed by atoms with Crippen molar-refractivity contribution in [3.63, 3.8) is 0 Å². The smallest absolute Gasteiger partial charge is 0.191 e. The van der Waals surface area contributed by atoms with E-state index < -0.39 is 0 Å². The van der Waals surface area contributed by atoms with Crippen LogP contribution in [0.15, 0.2) is 33.7 Å². The second-order valence-corrected chi connectivity index (χ2v) is 8.19. The van der Waals surface area contributed by atoms with Gasteiger partial charge in [-0.3, -0.25) is 0 Å². The van der Waals surface area contributed by atoms with Crippen LogP contribution in [0.2, 0.25) is 0 Å². The molecule has 1 atom stereocenters. The predicted molar refractivity (Wildman–Crippen MR) is 110 cm³/mol. The molecular formula is C20H31BrN4O. The molecule has 2 saturated heterocycles. The summed E-state index contributed by atoms with van der Waals surface area (Å²) in [5.74, 6) is 1.67. The Morgan fingerprint density at radius 2 is 2.00 bits per heavy atom. The van der Waals surface area contributed by atoms with Gasteiger partial charge in [0.25, 0.3) is 0 Å². The third-order valence-electron chi connectivity index (χ3n) is 5.15. The van der Waals surface area contributed by atoms with Gasteiger partial charge in [0.1, 0.15) is 0 Å². The zero-order valence-corrected chi connectivity index (χ0v) is 17.3. The number of hydrogen-bond donors (Lipinski definition) is 2. The standard InChI is InChI=1S/C20H31BrN4O/c1-2-22-20(23-13-16-3-5-18(21)6-4-16)24-19-7-10-25(11-8-19)14-17-9-12-26-15-17/h3-6,17,19H,2,7-15H2,1H3,(H2,22,23,24). The van der Waals surface area contributed by atoms with Crippen molar-refractivity contribution >= 4 is 21.9 Å². The number of aliphatic imine (C=N–C) groups is 1. The van der Waals surface area contributed by atoms with E-state index in [1.165, 1.54) is 44.5 Å². The number of hydrogen-bond acceptors (Lipinski definition) is 3. The van der Waals surface area contributed by atoms with Gasteiger partial charge in [-0.15, -0.1) is 0 Å². The first-order valence-electron chi connectivity index (χ1n) is 9.82. The van der Waals surface area contributed by atoms with Gasteiger partial charge in [0.15, 0.2) is 5.96 Å². The van der Waals surface area contributed by atoms with Crippen molar-refractivity contribution in [3.05, 3.63) is 34.3 Å². The highest BCUT2D eigenvalue weighted by atomic mass is 79.9. The summed E-state index contributed by atoms with van der Waals surface area (Å²) >= 11 is 3.48. The van der Waals surface area contributed by atoms with Crippen molar-refractivity contribution in [1.29, 1.82) is 0 Å². The largest absolute Gasteiger partial charge is 0.381 e. The summed E-state index contributed by atoms with van der Waals surface area (Å²) in [6.07, 6.45) is 3.58. The molecule has 5 nitrogen and oxygen atoms in total. The first-order chi connectivity index (χ1) is 12.7. The van der Waals surface area contributed by atoms with E-state index in [4.69, 9.17) is 9.73 Å². The Morgan fingerprint density at radius 1 is 1.23 bits per heavy atom. The van der Waals surface area contributed by atoms with Crippen LogP contribution in [0.1, 0.15) is 31.7 Å². The number of nitrogens with zero attached hydrogens (tertiary/aromatic N) is 2. The average Bonchev–Trinajstić information content (AvgIpc) is 3.16. The Balaban J connectivity index is 1.45. The van der Waals surface area contributed by atoms with Crippen molar-refractivity contribution in [2.45, 2.75) is 38.8 Å². The van der Waals surface area contributed by atoms with Crippen molar-refractivity contribution in [2.24, 2.45) is 10.9 Å². The van der Waals surface area contributed by atoms with Crippen LogP contribution in [0.25, 0.3) is 0 Å². The Morgan fingerprint density at radius 3 is 2.65 bits per heavy atom. The van der Waals surface area contributed by atoms with Crippen molar-refractivity contribution in [2.75, 3.05) is 39.4 Å². The van der Waals surface area contributed by atoms with Gasteiger partial charge in [-0.2, -0.15) is 0 Å². The number of likely N-dealkylation sites (tertiary alicyclic amines) is 1. The van der Waals surface area contributed by atoms with E-state index in [2.05, 4.69) is 62.7 Å². The molecule has 2 N–H and O–H groups in total. The number of nitrogens with one attached hydrogen (secondary N) is 2. The van der Waals surface area contributed by atoms with Crippen LogP contribution >= 0.6 is 15.9 Å². The summed E-state index contributed by atoms with van der Waals surface area (Å²) in [4.78, 5) is 7.36. The lowest BCUT2D eigenvalue weighted by Crippen LogP contribution is -2.49. The third-order valence-corrected chi connectivity index (χ3v) is 5.67. The number of rotatable bonds is 6. The molecule has 1 unspecified atom stereocenters. The quantitative estimate of drug-likeness (QED) is 0.546. The number of piperidine rings is 1. The van der Waals surface area contributed by atoms with Gasteiger partial charge in [-0.1, -0.05) is 28.1 Å². The number of ether oxygens (including phenoxy) is 1. The zero-order chi connectivity index (χ0) is 18.2. The Bertz CT molecular complexity index is 564. The topological polar surface area (TPSA) is 48.9 Å². The minimum Gasteiger partial charge on any atom is -0.381 e. The number of halogens is 1. The molecule has 0 spiro atoms. The van der Waals surface area contributed by atoms with Gasteiger partial charge < -0.3 is 20.3 Å². The molecule has 0 bridgehead atoms. The fraction of sp³-hybridized carbons (Fsp3) is 0.650. The fourth-order valence-electron chi connectivity index (χ4n) is 3.63. The molecular weight excluding hydrogens is 392 g/mol. The van der Waals surface area contributed by atoms with Crippen LogP contribution in [0, 0.1) is 5.92 Å². The lowest BCUT2D eigenvalue weighted by atomic mass is 10.0. The molecule has 3 rings (SSSR count). The van der Waals surface area contributed by atoms with E-state index in [1.807, 2.05) is 0 Å². The molecule has 6 heteroatoms. The van der Waals surface area contributed by atoms with Crippen LogP contribution < -0.4 is 10.6 Å². The van der Waals surface area contributed by atoms with Crippen LogP contribution in [0.5, 0.6) is 0 Å². The molecule has 1 aromatic carbocycles. The van der Waals surface area contributed by atoms with Crippen LogP contribution in [-0.2, 0) is 11.3 Å². The van der Waals surface area contributed by atoms with Crippen LogP contribution in [0.4, 0.5) is 0 Å². The maximum atomic E-state index is 5.50. The summed E-state index contributed by atoms with van der Waals surface area (Å²) < 4.78 is 6.61. The molecule has 2 aliphatic heterocycles.